The molecule has 4 nitrogen and oxygen atoms in total. The molecule has 1 atom stereocenters. The van der Waals surface area contributed by atoms with Crippen molar-refractivity contribution in [2.24, 2.45) is 0 Å². The van der Waals surface area contributed by atoms with Crippen LogP contribution in [0.15, 0.2) is 48.5 Å². The molecular formula is C20H25FN2O2. The normalized spacial score (nSPS) is 12.2. The first-order valence-electron chi connectivity index (χ1n) is 8.29. The lowest BCUT2D eigenvalue weighted by Gasteiger charge is -2.24. The smallest absolute Gasteiger partial charge is 0.234 e. The molecule has 0 radical (unpaired) electrons. The Labute approximate surface area is 148 Å². The number of carbonyl (C=O) groups is 1. The number of methoxy groups -OCH3 is 1. The summed E-state index contributed by atoms with van der Waals surface area (Å²) in [4.78, 5) is 14.0. The molecule has 0 fully saturated rings. The van der Waals surface area contributed by atoms with Crippen molar-refractivity contribution in [3.05, 3.63) is 71.0 Å². The van der Waals surface area contributed by atoms with Crippen LogP contribution in [0.25, 0.3) is 0 Å². The van der Waals surface area contributed by atoms with Crippen LogP contribution < -0.4 is 5.32 Å². The van der Waals surface area contributed by atoms with E-state index in [1.165, 1.54) is 6.07 Å². The molecule has 0 saturated carbocycles. The molecule has 2 aromatic rings. The van der Waals surface area contributed by atoms with Gasteiger partial charge in [0, 0.05) is 25.3 Å². The first kappa shape index (κ1) is 19.1. The van der Waals surface area contributed by atoms with Crippen molar-refractivity contribution in [1.82, 2.24) is 10.2 Å². The minimum atomic E-state index is -0.251. The van der Waals surface area contributed by atoms with Gasteiger partial charge in [-0.2, -0.15) is 0 Å². The first-order valence-corrected chi connectivity index (χ1v) is 8.29. The molecule has 2 rings (SSSR count). The number of rotatable bonds is 8. The van der Waals surface area contributed by atoms with Gasteiger partial charge in [0.2, 0.25) is 5.91 Å². The predicted molar refractivity (Wildman–Crippen MR) is 96.4 cm³/mol. The number of nitrogens with one attached hydrogen (secondary N) is 1. The SMILES string of the molecule is COCc1ccc(CNC(=O)CN(C)C(C)c2ccccc2F)cc1. The summed E-state index contributed by atoms with van der Waals surface area (Å²) in [5.74, 6) is -0.343. The molecule has 2 aromatic carbocycles. The number of nitrogens with zero attached hydrogens (tertiary/aromatic N) is 1. The maximum Gasteiger partial charge on any atom is 0.234 e. The van der Waals surface area contributed by atoms with Gasteiger partial charge >= 0.3 is 0 Å². The highest BCUT2D eigenvalue weighted by molar-refractivity contribution is 5.78. The molecule has 0 saturated heterocycles. The number of hydrogen-bond acceptors (Lipinski definition) is 3. The number of benzene rings is 2. The van der Waals surface area contributed by atoms with Gasteiger partial charge in [0.1, 0.15) is 5.82 Å². The Kier molecular flexibility index (Phi) is 7.10. The van der Waals surface area contributed by atoms with Crippen LogP contribution in [0.4, 0.5) is 4.39 Å². The second-order valence-electron chi connectivity index (χ2n) is 6.14. The fraction of sp³-hybridized carbons (Fsp3) is 0.350. The van der Waals surface area contributed by atoms with Crippen LogP contribution in [-0.2, 0) is 22.7 Å². The maximum absolute atomic E-state index is 13.9. The van der Waals surface area contributed by atoms with E-state index >= 15 is 0 Å². The Morgan fingerprint density at radius 2 is 1.80 bits per heavy atom. The lowest BCUT2D eigenvalue weighted by atomic mass is 10.1. The van der Waals surface area contributed by atoms with Crippen LogP contribution >= 0.6 is 0 Å². The Morgan fingerprint density at radius 3 is 2.44 bits per heavy atom. The number of amides is 1. The number of hydrogen-bond donors (Lipinski definition) is 1. The Morgan fingerprint density at radius 1 is 1.16 bits per heavy atom. The fourth-order valence-corrected chi connectivity index (χ4v) is 2.59. The first-order chi connectivity index (χ1) is 12.0. The molecule has 1 N–H and O–H groups in total. The molecule has 1 amide bonds. The van der Waals surface area contributed by atoms with Crippen LogP contribution in [0.3, 0.4) is 0 Å². The average Bonchev–Trinajstić information content (AvgIpc) is 2.61. The van der Waals surface area contributed by atoms with Gasteiger partial charge in [-0.05, 0) is 31.2 Å². The minimum absolute atomic E-state index is 0.0911. The summed E-state index contributed by atoms with van der Waals surface area (Å²) in [6.07, 6.45) is 0. The van der Waals surface area contributed by atoms with E-state index < -0.39 is 0 Å². The molecule has 1 unspecified atom stereocenters. The third kappa shape index (κ3) is 5.66. The standard InChI is InChI=1S/C20H25FN2O2/c1-15(18-6-4-5-7-19(18)21)23(2)13-20(24)22-12-16-8-10-17(11-9-16)14-25-3/h4-11,15H,12-14H2,1-3H3,(H,22,24). The van der Waals surface area contributed by atoms with Crippen molar-refractivity contribution in [2.45, 2.75) is 26.1 Å². The highest BCUT2D eigenvalue weighted by Crippen LogP contribution is 2.21. The molecule has 5 heteroatoms. The Balaban J connectivity index is 1.84. The number of ether oxygens (including phenoxy) is 1. The molecule has 0 aromatic heterocycles. The lowest BCUT2D eigenvalue weighted by molar-refractivity contribution is -0.122. The highest BCUT2D eigenvalue weighted by Gasteiger charge is 2.17. The largest absolute Gasteiger partial charge is 0.380 e. The van der Waals surface area contributed by atoms with Gasteiger partial charge in [0.15, 0.2) is 0 Å². The second-order valence-corrected chi connectivity index (χ2v) is 6.14. The summed E-state index contributed by atoms with van der Waals surface area (Å²) in [6.45, 7) is 3.14. The number of halogens is 1. The number of carbonyl (C=O) groups excluding carboxylic acids is 1. The lowest BCUT2D eigenvalue weighted by Crippen LogP contribution is -2.36. The van der Waals surface area contributed by atoms with Crippen molar-refractivity contribution < 1.29 is 13.9 Å². The summed E-state index contributed by atoms with van der Waals surface area (Å²) in [5, 5.41) is 2.90. The minimum Gasteiger partial charge on any atom is -0.380 e. The summed E-state index contributed by atoms with van der Waals surface area (Å²) < 4.78 is 18.9. The van der Waals surface area contributed by atoms with E-state index in [1.54, 1.807) is 25.3 Å². The molecule has 0 heterocycles. The maximum atomic E-state index is 13.9. The zero-order chi connectivity index (χ0) is 18.2. The zero-order valence-corrected chi connectivity index (χ0v) is 15.0. The van der Waals surface area contributed by atoms with E-state index in [1.807, 2.05) is 43.1 Å². The molecule has 0 spiro atoms. The van der Waals surface area contributed by atoms with Gasteiger partial charge < -0.3 is 10.1 Å². The predicted octanol–water partition coefficient (Wildman–Crippen LogP) is 3.28. The third-order valence-corrected chi connectivity index (χ3v) is 4.23. The number of likely N-dealkylation sites (N-methyl/N-ethyl adjacent to an activating group) is 1. The molecule has 0 aliphatic heterocycles. The van der Waals surface area contributed by atoms with E-state index in [4.69, 9.17) is 4.74 Å². The van der Waals surface area contributed by atoms with Crippen LogP contribution in [0, 0.1) is 5.82 Å². The van der Waals surface area contributed by atoms with Crippen molar-refractivity contribution in [2.75, 3.05) is 20.7 Å². The van der Waals surface area contributed by atoms with E-state index in [9.17, 15) is 9.18 Å². The zero-order valence-electron chi connectivity index (χ0n) is 15.0. The molecule has 0 aliphatic carbocycles. The van der Waals surface area contributed by atoms with Crippen molar-refractivity contribution >= 4 is 5.91 Å². The van der Waals surface area contributed by atoms with Crippen LogP contribution in [-0.4, -0.2) is 31.5 Å². The monoisotopic (exact) mass is 344 g/mol. The molecular weight excluding hydrogens is 319 g/mol. The highest BCUT2D eigenvalue weighted by atomic mass is 19.1. The van der Waals surface area contributed by atoms with E-state index in [2.05, 4.69) is 5.32 Å². The van der Waals surface area contributed by atoms with Crippen molar-refractivity contribution in [3.8, 4) is 0 Å². The van der Waals surface area contributed by atoms with Crippen LogP contribution in [0.5, 0.6) is 0 Å². The van der Waals surface area contributed by atoms with Crippen LogP contribution in [0.1, 0.15) is 29.7 Å². The third-order valence-electron chi connectivity index (χ3n) is 4.23. The summed E-state index contributed by atoms with van der Waals surface area (Å²) in [7, 11) is 3.48. The van der Waals surface area contributed by atoms with Gasteiger partial charge in [-0.25, -0.2) is 4.39 Å². The summed E-state index contributed by atoms with van der Waals surface area (Å²) in [6, 6.07) is 14.4. The van der Waals surface area contributed by atoms with Gasteiger partial charge in [-0.15, -0.1) is 0 Å². The van der Waals surface area contributed by atoms with Gasteiger partial charge in [0.25, 0.3) is 0 Å². The topological polar surface area (TPSA) is 41.6 Å². The molecule has 0 aliphatic rings. The van der Waals surface area contributed by atoms with Gasteiger partial charge in [-0.1, -0.05) is 42.5 Å². The van der Waals surface area contributed by atoms with Crippen molar-refractivity contribution in [3.63, 3.8) is 0 Å². The van der Waals surface area contributed by atoms with Gasteiger partial charge in [0.05, 0.1) is 13.2 Å². The average molecular weight is 344 g/mol. The Hall–Kier alpha value is -2.24. The summed E-state index contributed by atoms with van der Waals surface area (Å²) >= 11 is 0. The quantitative estimate of drug-likeness (QED) is 0.799. The van der Waals surface area contributed by atoms with Crippen molar-refractivity contribution in [1.29, 1.82) is 0 Å². The van der Waals surface area contributed by atoms with E-state index in [0.717, 1.165) is 11.1 Å². The Bertz CT molecular complexity index is 688. The molecule has 0 bridgehead atoms. The van der Waals surface area contributed by atoms with E-state index in [0.29, 0.717) is 18.7 Å². The second kappa shape index (κ2) is 9.30. The van der Waals surface area contributed by atoms with Gasteiger partial charge in [-0.3, -0.25) is 9.69 Å². The van der Waals surface area contributed by atoms with Crippen LogP contribution in [0.2, 0.25) is 0 Å². The molecule has 25 heavy (non-hydrogen) atoms. The fourth-order valence-electron chi connectivity index (χ4n) is 2.59. The molecule has 134 valence electrons. The van der Waals surface area contributed by atoms with E-state index in [-0.39, 0.29) is 24.3 Å². The summed E-state index contributed by atoms with van der Waals surface area (Å²) in [5.41, 5.74) is 2.71.